The van der Waals surface area contributed by atoms with E-state index in [1.165, 1.54) is 5.56 Å². The Morgan fingerprint density at radius 3 is 1.64 bits per heavy atom. The Kier molecular flexibility index (Phi) is 9.48. The Bertz CT molecular complexity index is 1230. The Morgan fingerprint density at radius 1 is 0.615 bits per heavy atom. The van der Waals surface area contributed by atoms with Crippen LogP contribution in [-0.2, 0) is 4.74 Å². The summed E-state index contributed by atoms with van der Waals surface area (Å²) in [4.78, 5) is 0. The van der Waals surface area contributed by atoms with Gasteiger partial charge in [-0.2, -0.15) is 0 Å². The first-order valence-electron chi connectivity index (χ1n) is 14.0. The fourth-order valence-electron chi connectivity index (χ4n) is 5.60. The van der Waals surface area contributed by atoms with Crippen LogP contribution < -0.4 is 9.47 Å². The first kappa shape index (κ1) is 28.4. The molecule has 0 aliphatic heterocycles. The Morgan fingerprint density at radius 2 is 1.15 bits per heavy atom. The lowest BCUT2D eigenvalue weighted by atomic mass is 9.70. The molecule has 0 aliphatic rings. The summed E-state index contributed by atoms with van der Waals surface area (Å²) in [6.07, 6.45) is -0.388. The molecular formula is C36H42O3. The third-order valence-electron chi connectivity index (χ3n) is 7.01. The van der Waals surface area contributed by atoms with Crippen molar-refractivity contribution < 1.29 is 14.2 Å². The molecule has 0 aliphatic carbocycles. The quantitative estimate of drug-likeness (QED) is 0.145. The van der Waals surface area contributed by atoms with Crippen molar-refractivity contribution >= 4 is 0 Å². The zero-order chi connectivity index (χ0) is 27.8. The molecule has 2 unspecified atom stereocenters. The van der Waals surface area contributed by atoms with Gasteiger partial charge >= 0.3 is 0 Å². The summed E-state index contributed by atoms with van der Waals surface area (Å²) < 4.78 is 18.4. The highest BCUT2D eigenvalue weighted by Gasteiger charge is 2.28. The summed E-state index contributed by atoms with van der Waals surface area (Å²) in [5.41, 5.74) is 5.92. The fourth-order valence-corrected chi connectivity index (χ4v) is 5.60. The molecular weight excluding hydrogens is 480 g/mol. The molecule has 0 saturated carbocycles. The summed E-state index contributed by atoms with van der Waals surface area (Å²) in [6.45, 7) is 14.3. The molecule has 2 atom stereocenters. The Labute approximate surface area is 234 Å². The van der Waals surface area contributed by atoms with Gasteiger partial charge in [-0.3, -0.25) is 0 Å². The van der Waals surface area contributed by atoms with Crippen molar-refractivity contribution in [2.75, 3.05) is 13.2 Å². The van der Waals surface area contributed by atoms with Gasteiger partial charge in [-0.25, -0.2) is 0 Å². The van der Waals surface area contributed by atoms with Gasteiger partial charge in [0.2, 0.25) is 0 Å². The van der Waals surface area contributed by atoms with Crippen molar-refractivity contribution in [3.8, 4) is 33.8 Å². The molecule has 0 saturated heterocycles. The average Bonchev–Trinajstić information content (AvgIpc) is 2.92. The molecule has 0 fully saturated rings. The summed E-state index contributed by atoms with van der Waals surface area (Å²) >= 11 is 0. The van der Waals surface area contributed by atoms with E-state index in [-0.39, 0.29) is 11.7 Å². The van der Waals surface area contributed by atoms with E-state index in [0.717, 1.165) is 33.8 Å². The van der Waals surface area contributed by atoms with E-state index in [0.29, 0.717) is 25.0 Å². The number of benzene rings is 4. The van der Waals surface area contributed by atoms with Gasteiger partial charge in [0.05, 0.1) is 6.61 Å². The van der Waals surface area contributed by atoms with Crippen LogP contribution in [0.25, 0.3) is 22.3 Å². The van der Waals surface area contributed by atoms with Crippen LogP contribution in [0.4, 0.5) is 0 Å². The summed E-state index contributed by atoms with van der Waals surface area (Å²) in [5, 5.41) is 0. The molecule has 4 aromatic rings. The monoisotopic (exact) mass is 522 g/mol. The lowest BCUT2D eigenvalue weighted by Gasteiger charge is -2.34. The topological polar surface area (TPSA) is 27.7 Å². The first-order chi connectivity index (χ1) is 18.7. The molecule has 0 amide bonds. The highest BCUT2D eigenvalue weighted by Crippen LogP contribution is 2.41. The van der Waals surface area contributed by atoms with Crippen LogP contribution in [0, 0.1) is 11.3 Å². The van der Waals surface area contributed by atoms with Gasteiger partial charge in [0.1, 0.15) is 18.1 Å². The van der Waals surface area contributed by atoms with Gasteiger partial charge < -0.3 is 14.2 Å². The smallest absolute Gasteiger partial charge is 0.197 e. The van der Waals surface area contributed by atoms with Crippen molar-refractivity contribution in [2.24, 2.45) is 11.3 Å². The van der Waals surface area contributed by atoms with Gasteiger partial charge in [0, 0.05) is 11.1 Å². The number of hydrogen-bond acceptors (Lipinski definition) is 3. The molecule has 0 bridgehead atoms. The van der Waals surface area contributed by atoms with E-state index in [1.54, 1.807) is 0 Å². The minimum absolute atomic E-state index is 0.201. The first-order valence-corrected chi connectivity index (χ1v) is 14.0. The minimum Gasteiger partial charge on any atom is -0.490 e. The van der Waals surface area contributed by atoms with Gasteiger partial charge in [0.25, 0.3) is 0 Å². The molecule has 0 aromatic heterocycles. The van der Waals surface area contributed by atoms with Gasteiger partial charge in [0.15, 0.2) is 6.29 Å². The predicted octanol–water partition coefficient (Wildman–Crippen LogP) is 9.63. The van der Waals surface area contributed by atoms with Crippen LogP contribution in [-0.4, -0.2) is 19.5 Å². The van der Waals surface area contributed by atoms with Crippen molar-refractivity contribution in [2.45, 2.75) is 53.8 Å². The van der Waals surface area contributed by atoms with Crippen molar-refractivity contribution in [1.82, 2.24) is 0 Å². The zero-order valence-electron chi connectivity index (χ0n) is 24.2. The molecule has 204 valence electrons. The number of para-hydroxylation sites is 1. The molecule has 3 heteroatoms. The predicted molar refractivity (Wildman–Crippen MR) is 162 cm³/mol. The van der Waals surface area contributed by atoms with E-state index in [1.807, 2.05) is 19.1 Å². The standard InChI is InChI=1S/C36H42O3/c1-26(2)34(36(4,5)6)30-20-22-31(23-21-30)39-27(3)37-24-25-38-35-32(28-14-9-7-10-15-28)18-13-19-33(35)29-16-11-8-12-17-29/h7-23,26-27,34H,24-25H2,1-6H3. The maximum absolute atomic E-state index is 6.39. The molecule has 39 heavy (non-hydrogen) atoms. The highest BCUT2D eigenvalue weighted by atomic mass is 16.7. The van der Waals surface area contributed by atoms with Crippen LogP contribution in [0.5, 0.6) is 11.5 Å². The number of rotatable bonds is 11. The van der Waals surface area contributed by atoms with Crippen molar-refractivity contribution in [3.05, 3.63) is 109 Å². The Balaban J connectivity index is 1.39. The van der Waals surface area contributed by atoms with Crippen molar-refractivity contribution in [3.63, 3.8) is 0 Å². The van der Waals surface area contributed by atoms with Crippen LogP contribution in [0.15, 0.2) is 103 Å². The largest absolute Gasteiger partial charge is 0.490 e. The van der Waals surface area contributed by atoms with Crippen molar-refractivity contribution in [1.29, 1.82) is 0 Å². The maximum Gasteiger partial charge on any atom is 0.197 e. The van der Waals surface area contributed by atoms with Crippen LogP contribution in [0.3, 0.4) is 0 Å². The molecule has 3 nitrogen and oxygen atoms in total. The second-order valence-electron chi connectivity index (χ2n) is 11.5. The lowest BCUT2D eigenvalue weighted by molar-refractivity contribution is -0.0738. The Hall–Kier alpha value is -3.56. The third-order valence-corrected chi connectivity index (χ3v) is 7.01. The number of ether oxygens (including phenoxy) is 3. The second-order valence-corrected chi connectivity index (χ2v) is 11.5. The average molecular weight is 523 g/mol. The normalized spacial score (nSPS) is 13.2. The molecule has 0 N–H and O–H groups in total. The summed E-state index contributed by atoms with van der Waals surface area (Å²) in [6, 6.07) is 35.5. The number of hydrogen-bond donors (Lipinski definition) is 0. The third kappa shape index (κ3) is 7.52. The molecule has 0 heterocycles. The summed E-state index contributed by atoms with van der Waals surface area (Å²) in [7, 11) is 0. The van der Waals surface area contributed by atoms with Crippen LogP contribution in [0.2, 0.25) is 0 Å². The van der Waals surface area contributed by atoms with Crippen LogP contribution >= 0.6 is 0 Å². The molecule has 4 rings (SSSR count). The van der Waals surface area contributed by atoms with E-state index in [9.17, 15) is 0 Å². The van der Waals surface area contributed by atoms with E-state index in [2.05, 4.69) is 126 Å². The van der Waals surface area contributed by atoms with E-state index < -0.39 is 0 Å². The van der Waals surface area contributed by atoms with E-state index in [4.69, 9.17) is 14.2 Å². The molecule has 0 spiro atoms. The lowest BCUT2D eigenvalue weighted by Crippen LogP contribution is -2.23. The summed E-state index contributed by atoms with van der Waals surface area (Å²) in [5.74, 6) is 2.72. The fraction of sp³-hybridized carbons (Fsp3) is 0.333. The van der Waals surface area contributed by atoms with E-state index >= 15 is 0 Å². The zero-order valence-corrected chi connectivity index (χ0v) is 24.2. The van der Waals surface area contributed by atoms with Crippen LogP contribution in [0.1, 0.15) is 53.0 Å². The molecule has 4 aromatic carbocycles. The SMILES string of the molecule is CC(OCCOc1c(-c2ccccc2)cccc1-c1ccccc1)Oc1ccc(C(C(C)C)C(C)(C)C)cc1. The highest BCUT2D eigenvalue weighted by molar-refractivity contribution is 5.82. The van der Waals surface area contributed by atoms with Gasteiger partial charge in [-0.05, 0) is 53.0 Å². The van der Waals surface area contributed by atoms with Gasteiger partial charge in [-0.15, -0.1) is 0 Å². The minimum atomic E-state index is -0.388. The molecule has 0 radical (unpaired) electrons. The second kappa shape index (κ2) is 13.0. The maximum atomic E-state index is 6.39. The van der Waals surface area contributed by atoms with Gasteiger partial charge in [-0.1, -0.05) is 126 Å².